The summed E-state index contributed by atoms with van der Waals surface area (Å²) in [4.78, 5) is 15.8. The van der Waals surface area contributed by atoms with E-state index in [1.165, 1.54) is 12.1 Å². The van der Waals surface area contributed by atoms with E-state index in [1.54, 1.807) is 18.2 Å². The molecule has 0 radical (unpaired) electrons. The number of carbonyl (C=O) groups excluding carboxylic acids is 1. The number of aldehydes is 1. The number of halogens is 3. The Morgan fingerprint density at radius 3 is 2.62 bits per heavy atom. The summed E-state index contributed by atoms with van der Waals surface area (Å²) in [5, 5.41) is 0. The summed E-state index contributed by atoms with van der Waals surface area (Å²) in [7, 11) is 3.69. The number of rotatable bonds is 5. The molecule has 0 amide bonds. The standard InChI is InChI=1S/C19H17F3N2O2/c1-24(2)16-10-8-14(13-17(16)26-12-4-11-25)7-9-15-5-3-6-18(23-15)19(20,21)22/h3,5-6,8,10-11,13H,4,12H2,1-2H3. The summed E-state index contributed by atoms with van der Waals surface area (Å²) < 4.78 is 43.7. The zero-order chi connectivity index (χ0) is 19.2. The molecule has 0 spiro atoms. The van der Waals surface area contributed by atoms with Gasteiger partial charge in [0.05, 0.1) is 12.3 Å². The molecule has 136 valence electrons. The second-order valence-electron chi connectivity index (χ2n) is 5.54. The van der Waals surface area contributed by atoms with E-state index in [2.05, 4.69) is 16.8 Å². The van der Waals surface area contributed by atoms with Gasteiger partial charge in [0, 0.05) is 26.1 Å². The first-order chi connectivity index (χ1) is 12.3. The largest absolute Gasteiger partial charge is 0.491 e. The van der Waals surface area contributed by atoms with E-state index in [1.807, 2.05) is 19.0 Å². The normalized spacial score (nSPS) is 10.7. The number of benzene rings is 1. The van der Waals surface area contributed by atoms with Crippen molar-refractivity contribution in [2.45, 2.75) is 12.6 Å². The predicted octanol–water partition coefficient (Wildman–Crippen LogP) is 3.53. The van der Waals surface area contributed by atoms with Gasteiger partial charge < -0.3 is 14.4 Å². The van der Waals surface area contributed by atoms with Crippen LogP contribution in [0, 0.1) is 11.8 Å². The summed E-state index contributed by atoms with van der Waals surface area (Å²) in [5.41, 5.74) is 0.416. The summed E-state index contributed by atoms with van der Waals surface area (Å²) in [6.45, 7) is 0.233. The van der Waals surface area contributed by atoms with Crippen LogP contribution in [0.1, 0.15) is 23.4 Å². The monoisotopic (exact) mass is 362 g/mol. The number of nitrogens with zero attached hydrogens (tertiary/aromatic N) is 2. The van der Waals surface area contributed by atoms with Gasteiger partial charge in [0.2, 0.25) is 0 Å². The van der Waals surface area contributed by atoms with Crippen molar-refractivity contribution in [2.24, 2.45) is 0 Å². The molecule has 4 nitrogen and oxygen atoms in total. The molecule has 7 heteroatoms. The maximum atomic E-state index is 12.7. The third-order valence-corrected chi connectivity index (χ3v) is 3.31. The van der Waals surface area contributed by atoms with Gasteiger partial charge in [0.25, 0.3) is 0 Å². The van der Waals surface area contributed by atoms with Crippen LogP contribution in [0.2, 0.25) is 0 Å². The maximum absolute atomic E-state index is 12.7. The van der Waals surface area contributed by atoms with Gasteiger partial charge in [-0.2, -0.15) is 13.2 Å². The number of alkyl halides is 3. The van der Waals surface area contributed by atoms with Crippen LogP contribution in [-0.4, -0.2) is 32.0 Å². The van der Waals surface area contributed by atoms with Crippen LogP contribution in [-0.2, 0) is 11.0 Å². The Labute approximate surface area is 149 Å². The van der Waals surface area contributed by atoms with Crippen molar-refractivity contribution in [2.75, 3.05) is 25.6 Å². The molecule has 0 atom stereocenters. The number of ether oxygens (including phenoxy) is 1. The van der Waals surface area contributed by atoms with Crippen LogP contribution >= 0.6 is 0 Å². The third-order valence-electron chi connectivity index (χ3n) is 3.31. The highest BCUT2D eigenvalue weighted by Crippen LogP contribution is 2.28. The van der Waals surface area contributed by atoms with Crippen molar-refractivity contribution in [1.82, 2.24) is 4.98 Å². The van der Waals surface area contributed by atoms with Gasteiger partial charge >= 0.3 is 6.18 Å². The van der Waals surface area contributed by atoms with Crippen LogP contribution in [0.4, 0.5) is 18.9 Å². The number of pyridine rings is 1. The lowest BCUT2D eigenvalue weighted by molar-refractivity contribution is -0.141. The Balaban J connectivity index is 2.29. The Morgan fingerprint density at radius 2 is 1.96 bits per heavy atom. The Morgan fingerprint density at radius 1 is 1.19 bits per heavy atom. The molecular formula is C19H17F3N2O2. The minimum absolute atomic E-state index is 0.0277. The van der Waals surface area contributed by atoms with E-state index < -0.39 is 11.9 Å². The number of carbonyl (C=O) groups is 1. The van der Waals surface area contributed by atoms with Crippen molar-refractivity contribution >= 4 is 12.0 Å². The molecule has 26 heavy (non-hydrogen) atoms. The zero-order valence-electron chi connectivity index (χ0n) is 14.3. The van der Waals surface area contributed by atoms with Gasteiger partial charge in [-0.1, -0.05) is 12.0 Å². The number of hydrogen-bond donors (Lipinski definition) is 0. The molecule has 0 saturated heterocycles. The van der Waals surface area contributed by atoms with E-state index in [0.29, 0.717) is 11.3 Å². The zero-order valence-corrected chi connectivity index (χ0v) is 14.3. The van der Waals surface area contributed by atoms with E-state index in [9.17, 15) is 18.0 Å². The van der Waals surface area contributed by atoms with Crippen LogP contribution in [0.25, 0.3) is 0 Å². The van der Waals surface area contributed by atoms with Crippen molar-refractivity contribution in [1.29, 1.82) is 0 Å². The Hall–Kier alpha value is -3.01. The summed E-state index contributed by atoms with van der Waals surface area (Å²) in [5.74, 6) is 5.96. The van der Waals surface area contributed by atoms with Crippen LogP contribution < -0.4 is 9.64 Å². The first-order valence-corrected chi connectivity index (χ1v) is 7.75. The molecule has 1 heterocycles. The van der Waals surface area contributed by atoms with Crippen molar-refractivity contribution < 1.29 is 22.7 Å². The first kappa shape index (κ1) is 19.3. The lowest BCUT2D eigenvalue weighted by Gasteiger charge is -2.17. The molecule has 1 aromatic carbocycles. The topological polar surface area (TPSA) is 42.4 Å². The average Bonchev–Trinajstić information content (AvgIpc) is 2.59. The molecule has 0 fully saturated rings. The quantitative estimate of drug-likeness (QED) is 0.464. The minimum atomic E-state index is -4.51. The van der Waals surface area contributed by atoms with Crippen LogP contribution in [0.3, 0.4) is 0 Å². The molecule has 0 saturated carbocycles. The number of hydrogen-bond acceptors (Lipinski definition) is 4. The fourth-order valence-electron chi connectivity index (χ4n) is 2.09. The van der Waals surface area contributed by atoms with Gasteiger partial charge in [-0.05, 0) is 36.3 Å². The Bertz CT molecular complexity index is 837. The van der Waals surface area contributed by atoms with E-state index in [0.717, 1.165) is 18.0 Å². The fraction of sp³-hybridized carbons (Fsp3) is 0.263. The fourth-order valence-corrected chi connectivity index (χ4v) is 2.09. The van der Waals surface area contributed by atoms with E-state index in [-0.39, 0.29) is 18.7 Å². The highest BCUT2D eigenvalue weighted by Gasteiger charge is 2.32. The second kappa shape index (κ2) is 8.39. The summed E-state index contributed by atoms with van der Waals surface area (Å²) >= 11 is 0. The molecular weight excluding hydrogens is 345 g/mol. The average molecular weight is 362 g/mol. The third kappa shape index (κ3) is 5.24. The van der Waals surface area contributed by atoms with Gasteiger partial charge in [0.1, 0.15) is 23.4 Å². The van der Waals surface area contributed by atoms with Crippen LogP contribution in [0.15, 0.2) is 36.4 Å². The summed E-state index contributed by atoms with van der Waals surface area (Å²) in [6, 6.07) is 8.79. The molecule has 0 aliphatic rings. The highest BCUT2D eigenvalue weighted by atomic mass is 19.4. The van der Waals surface area contributed by atoms with E-state index >= 15 is 0 Å². The SMILES string of the molecule is CN(C)c1ccc(C#Cc2cccc(C(F)(F)F)n2)cc1OCCC=O. The summed E-state index contributed by atoms with van der Waals surface area (Å²) in [6.07, 6.45) is -3.49. The maximum Gasteiger partial charge on any atom is 0.433 e. The molecule has 0 aliphatic carbocycles. The molecule has 0 bridgehead atoms. The van der Waals surface area contributed by atoms with Crippen LogP contribution in [0.5, 0.6) is 5.75 Å². The highest BCUT2D eigenvalue weighted by molar-refractivity contribution is 5.61. The predicted molar refractivity (Wildman–Crippen MR) is 92.2 cm³/mol. The molecule has 0 N–H and O–H groups in total. The molecule has 0 aliphatic heterocycles. The van der Waals surface area contributed by atoms with Gasteiger partial charge in [-0.25, -0.2) is 4.98 Å². The number of aromatic nitrogens is 1. The van der Waals surface area contributed by atoms with Gasteiger partial charge in [-0.3, -0.25) is 0 Å². The van der Waals surface area contributed by atoms with E-state index in [4.69, 9.17) is 4.74 Å². The van der Waals surface area contributed by atoms with Crippen molar-refractivity contribution in [3.8, 4) is 17.6 Å². The smallest absolute Gasteiger partial charge is 0.433 e. The van der Waals surface area contributed by atoms with Gasteiger partial charge in [-0.15, -0.1) is 0 Å². The van der Waals surface area contributed by atoms with Crippen molar-refractivity contribution in [3.05, 3.63) is 53.3 Å². The molecule has 2 rings (SSSR count). The minimum Gasteiger partial charge on any atom is -0.491 e. The first-order valence-electron chi connectivity index (χ1n) is 7.75. The molecule has 2 aromatic rings. The Kier molecular flexibility index (Phi) is 6.23. The van der Waals surface area contributed by atoms with Gasteiger partial charge in [0.15, 0.2) is 0 Å². The van der Waals surface area contributed by atoms with Crippen molar-refractivity contribution in [3.63, 3.8) is 0 Å². The molecule has 1 aromatic heterocycles. The lowest BCUT2D eigenvalue weighted by Crippen LogP contribution is -2.11. The number of anilines is 1. The molecule has 0 unspecified atom stereocenters. The lowest BCUT2D eigenvalue weighted by atomic mass is 10.1. The second-order valence-corrected chi connectivity index (χ2v) is 5.54.